The first-order chi connectivity index (χ1) is 14.8. The number of imidazole rings is 1. The van der Waals surface area contributed by atoms with Gasteiger partial charge in [-0.1, -0.05) is 37.6 Å². The molecule has 160 valence electrons. The van der Waals surface area contributed by atoms with E-state index in [9.17, 15) is 8.76 Å². The van der Waals surface area contributed by atoms with Crippen molar-refractivity contribution in [2.24, 2.45) is 10.3 Å². The summed E-state index contributed by atoms with van der Waals surface area (Å²) < 4.78 is 31.7. The minimum Gasteiger partial charge on any atom is -0.296 e. The molecule has 4 rings (SSSR count). The third-order valence-corrected chi connectivity index (χ3v) is 6.32. The first-order valence-corrected chi connectivity index (χ1v) is 11.8. The highest BCUT2D eigenvalue weighted by molar-refractivity contribution is 7.88. The van der Waals surface area contributed by atoms with E-state index in [1.54, 1.807) is 22.8 Å². The van der Waals surface area contributed by atoms with Crippen molar-refractivity contribution >= 4 is 38.5 Å². The van der Waals surface area contributed by atoms with Crippen molar-refractivity contribution in [1.29, 1.82) is 0 Å². The summed E-state index contributed by atoms with van der Waals surface area (Å²) in [7, 11) is -3.75. The molecule has 2 aromatic carbocycles. The van der Waals surface area contributed by atoms with Crippen LogP contribution in [0.1, 0.15) is 20.3 Å². The van der Waals surface area contributed by atoms with Crippen molar-refractivity contribution in [1.82, 2.24) is 14.5 Å². The van der Waals surface area contributed by atoms with E-state index >= 15 is 0 Å². The number of rotatable bonds is 6. The van der Waals surface area contributed by atoms with Crippen LogP contribution in [0.5, 0.6) is 0 Å². The van der Waals surface area contributed by atoms with Gasteiger partial charge in [-0.3, -0.25) is 4.55 Å². The lowest BCUT2D eigenvalue weighted by Crippen LogP contribution is -2.31. The Morgan fingerprint density at radius 3 is 2.48 bits per heavy atom. The Labute approximate surface area is 186 Å². The number of nitrogens with zero attached hydrogens (tertiary/aromatic N) is 5. The van der Waals surface area contributed by atoms with Gasteiger partial charge in [-0.05, 0) is 48.7 Å². The van der Waals surface area contributed by atoms with Crippen LogP contribution in [-0.4, -0.2) is 23.3 Å². The van der Waals surface area contributed by atoms with Crippen LogP contribution in [0.4, 0.5) is 5.82 Å². The van der Waals surface area contributed by atoms with Crippen LogP contribution in [0.15, 0.2) is 76.5 Å². The van der Waals surface area contributed by atoms with Crippen LogP contribution in [0.3, 0.4) is 0 Å². The number of fused-ring (bicyclic) bond motifs is 1. The minimum atomic E-state index is -3.75. The standard InChI is InChI=1S/C22H22ClN5O2S/c1-16(2)11-12-27-13-14-28(15-27)22-21(24-19-5-3-4-6-20(19)25-22)26-31(29,30)18-9-7-17(23)8-10-18/h3-10,13-16H,11-12H2,1-2H3/p+1. The topological polar surface area (TPSA) is 84.3 Å². The maximum atomic E-state index is 13.0. The van der Waals surface area contributed by atoms with Crippen molar-refractivity contribution in [2.45, 2.75) is 31.7 Å². The predicted octanol–water partition coefficient (Wildman–Crippen LogP) is 5.04. The number of para-hydroxylation sites is 2. The Kier molecular flexibility index (Phi) is 6.04. The fourth-order valence-electron chi connectivity index (χ4n) is 3.06. The normalized spacial score (nSPS) is 13.5. The monoisotopic (exact) mass is 456 g/mol. The summed E-state index contributed by atoms with van der Waals surface area (Å²) in [5, 5.41) is 0.475. The molecule has 0 radical (unpaired) electrons. The van der Waals surface area contributed by atoms with Gasteiger partial charge in [-0.15, -0.1) is 4.36 Å². The predicted molar refractivity (Wildman–Crippen MR) is 121 cm³/mol. The summed E-state index contributed by atoms with van der Waals surface area (Å²) >= 11 is 5.91. The smallest absolute Gasteiger partial charge is 0.272 e. The zero-order valence-electron chi connectivity index (χ0n) is 17.2. The van der Waals surface area contributed by atoms with Gasteiger partial charge < -0.3 is 0 Å². The quantitative estimate of drug-likeness (QED) is 0.412. The molecule has 2 heterocycles. The second-order valence-electron chi connectivity index (χ2n) is 7.64. The fourth-order valence-corrected chi connectivity index (χ4v) is 4.14. The Balaban J connectivity index is 1.84. The molecule has 0 aliphatic carbocycles. The molecule has 1 N–H and O–H groups in total. The molecule has 1 unspecified atom stereocenters. The van der Waals surface area contributed by atoms with Gasteiger partial charge in [-0.25, -0.2) is 18.7 Å². The summed E-state index contributed by atoms with van der Waals surface area (Å²) in [6.45, 7) is 5.22. The molecule has 0 aliphatic rings. The van der Waals surface area contributed by atoms with E-state index < -0.39 is 10.0 Å². The molecular weight excluding hydrogens is 434 g/mol. The van der Waals surface area contributed by atoms with Crippen LogP contribution >= 0.6 is 11.6 Å². The van der Waals surface area contributed by atoms with E-state index in [1.165, 1.54) is 12.1 Å². The molecule has 7 nitrogen and oxygen atoms in total. The Morgan fingerprint density at radius 1 is 1.13 bits per heavy atom. The van der Waals surface area contributed by atoms with Crippen LogP contribution in [0.2, 0.25) is 5.02 Å². The lowest BCUT2D eigenvalue weighted by atomic mass is 10.1. The Hall–Kier alpha value is -2.81. The number of aryl methyl sites for hydroxylation is 1. The van der Waals surface area contributed by atoms with Crippen molar-refractivity contribution < 1.29 is 13.3 Å². The minimum absolute atomic E-state index is 0.0905. The molecule has 0 bridgehead atoms. The van der Waals surface area contributed by atoms with E-state index in [2.05, 4.69) is 32.7 Å². The number of hydrogen-bond donors (Lipinski definition) is 1. The molecule has 0 aliphatic heterocycles. The van der Waals surface area contributed by atoms with Gasteiger partial charge in [0.25, 0.3) is 5.82 Å². The zero-order chi connectivity index (χ0) is 22.0. The van der Waals surface area contributed by atoms with Crippen molar-refractivity contribution in [2.75, 3.05) is 0 Å². The van der Waals surface area contributed by atoms with Gasteiger partial charge in [0.1, 0.15) is 12.4 Å². The van der Waals surface area contributed by atoms with Gasteiger partial charge in [0.05, 0.1) is 22.5 Å². The maximum absolute atomic E-state index is 13.0. The lowest BCUT2D eigenvalue weighted by molar-refractivity contribution is -0.697. The number of aromatic nitrogens is 4. The summed E-state index contributed by atoms with van der Waals surface area (Å²) in [5.74, 6) is 1.06. The molecule has 0 fully saturated rings. The molecule has 9 heteroatoms. The second-order valence-corrected chi connectivity index (χ2v) is 9.73. The van der Waals surface area contributed by atoms with Crippen LogP contribution in [-0.2, 0) is 16.6 Å². The molecule has 0 spiro atoms. The molecule has 2 aromatic heterocycles. The number of hydrogen-bond acceptors (Lipinski definition) is 4. The van der Waals surface area contributed by atoms with Crippen molar-refractivity contribution in [3.8, 4) is 5.82 Å². The third-order valence-electron chi connectivity index (χ3n) is 4.77. The first kappa shape index (κ1) is 21.4. The summed E-state index contributed by atoms with van der Waals surface area (Å²) in [6.07, 6.45) is 6.72. The van der Waals surface area contributed by atoms with Crippen molar-refractivity contribution in [3.63, 3.8) is 0 Å². The molecule has 0 amide bonds. The van der Waals surface area contributed by atoms with E-state index in [-0.39, 0.29) is 10.7 Å². The molecular formula is C22H23ClN5O2S+. The average Bonchev–Trinajstić information content (AvgIpc) is 3.20. The fraction of sp³-hybridized carbons (Fsp3) is 0.227. The number of benzene rings is 2. The Bertz CT molecular complexity index is 1340. The largest absolute Gasteiger partial charge is 0.296 e. The van der Waals surface area contributed by atoms with Crippen LogP contribution in [0, 0.1) is 5.92 Å². The van der Waals surface area contributed by atoms with Gasteiger partial charge in [0, 0.05) is 5.02 Å². The molecule has 0 saturated carbocycles. The van der Waals surface area contributed by atoms with E-state index in [0.29, 0.717) is 27.8 Å². The summed E-state index contributed by atoms with van der Waals surface area (Å²) in [5.41, 5.74) is 1.27. The molecule has 31 heavy (non-hydrogen) atoms. The highest BCUT2D eigenvalue weighted by atomic mass is 35.5. The molecule has 4 aromatic rings. The van der Waals surface area contributed by atoms with Crippen LogP contribution < -0.4 is 4.57 Å². The van der Waals surface area contributed by atoms with Gasteiger partial charge in [-0.2, -0.15) is 4.57 Å². The zero-order valence-corrected chi connectivity index (χ0v) is 18.8. The van der Waals surface area contributed by atoms with Gasteiger partial charge in [0.2, 0.25) is 12.1 Å². The molecule has 1 atom stereocenters. The van der Waals surface area contributed by atoms with E-state index in [4.69, 9.17) is 11.6 Å². The summed E-state index contributed by atoms with van der Waals surface area (Å²) in [4.78, 5) is 9.37. The Morgan fingerprint density at radius 2 is 1.81 bits per heavy atom. The van der Waals surface area contributed by atoms with Gasteiger partial charge >= 0.3 is 0 Å². The third kappa shape index (κ3) is 4.92. The second kappa shape index (κ2) is 8.74. The van der Waals surface area contributed by atoms with E-state index in [1.807, 2.05) is 36.9 Å². The SMILES string of the molecule is CC(C)CC[n+]1ccn(-c2nc3ccccc3nc2N=S(=O)(O)c2ccc(Cl)cc2)c1. The van der Waals surface area contributed by atoms with E-state index in [0.717, 1.165) is 13.0 Å². The van der Waals surface area contributed by atoms with Crippen LogP contribution in [0.25, 0.3) is 16.9 Å². The average molecular weight is 457 g/mol. The highest BCUT2D eigenvalue weighted by Gasteiger charge is 2.19. The first-order valence-electron chi connectivity index (χ1n) is 9.91. The lowest BCUT2D eigenvalue weighted by Gasteiger charge is -2.06. The van der Waals surface area contributed by atoms with Crippen molar-refractivity contribution in [3.05, 3.63) is 72.3 Å². The molecule has 0 saturated heterocycles. The van der Waals surface area contributed by atoms with Gasteiger partial charge in [0.15, 0.2) is 10.0 Å². The highest BCUT2D eigenvalue weighted by Crippen LogP contribution is 2.26. The maximum Gasteiger partial charge on any atom is 0.272 e. The summed E-state index contributed by atoms with van der Waals surface area (Å²) in [6, 6.07) is 13.4. The number of halogens is 1.